The molecule has 0 unspecified atom stereocenters. The Morgan fingerprint density at radius 2 is 2.05 bits per heavy atom. The zero-order valence-corrected chi connectivity index (χ0v) is 11.4. The summed E-state index contributed by atoms with van der Waals surface area (Å²) in [5, 5.41) is 0. The van der Waals surface area contributed by atoms with Crippen LogP contribution in [-0.2, 0) is 0 Å². The second kappa shape index (κ2) is 5.65. The summed E-state index contributed by atoms with van der Waals surface area (Å²) < 4.78 is 5.78. The number of pyridine rings is 1. The molecule has 0 amide bonds. The molecule has 0 atom stereocenters. The van der Waals surface area contributed by atoms with Crippen LogP contribution in [0.5, 0.6) is 11.6 Å². The van der Waals surface area contributed by atoms with Crippen LogP contribution in [-0.4, -0.2) is 11.3 Å². The number of hydrogen-bond donors (Lipinski definition) is 0. The van der Waals surface area contributed by atoms with Gasteiger partial charge in [0, 0.05) is 6.20 Å². The van der Waals surface area contributed by atoms with Crippen molar-refractivity contribution in [2.75, 3.05) is 0 Å². The lowest BCUT2D eigenvalue weighted by molar-refractivity contribution is 0.112. The predicted molar refractivity (Wildman–Crippen MR) is 75.0 cm³/mol. The zero-order valence-electron chi connectivity index (χ0n) is 11.4. The molecule has 0 saturated heterocycles. The van der Waals surface area contributed by atoms with Crippen LogP contribution >= 0.6 is 0 Å². The Morgan fingerprint density at radius 1 is 1.26 bits per heavy atom. The van der Waals surface area contributed by atoms with Crippen LogP contribution in [0, 0.1) is 6.92 Å². The molecule has 1 heterocycles. The molecule has 1 aromatic carbocycles. The summed E-state index contributed by atoms with van der Waals surface area (Å²) >= 11 is 0. The molecule has 0 spiro atoms. The monoisotopic (exact) mass is 255 g/mol. The van der Waals surface area contributed by atoms with E-state index < -0.39 is 0 Å². The highest BCUT2D eigenvalue weighted by Gasteiger charge is 2.09. The Bertz CT molecular complexity index is 591. The topological polar surface area (TPSA) is 39.2 Å². The zero-order chi connectivity index (χ0) is 13.8. The molecular weight excluding hydrogens is 238 g/mol. The number of ether oxygens (including phenoxy) is 1. The van der Waals surface area contributed by atoms with Gasteiger partial charge in [-0.05, 0) is 42.2 Å². The molecule has 1 aromatic heterocycles. The highest BCUT2D eigenvalue weighted by Crippen LogP contribution is 2.28. The van der Waals surface area contributed by atoms with Gasteiger partial charge < -0.3 is 4.74 Å². The molecule has 0 radical (unpaired) electrons. The van der Waals surface area contributed by atoms with E-state index in [0.717, 1.165) is 17.6 Å². The van der Waals surface area contributed by atoms with Gasteiger partial charge in [0.2, 0.25) is 5.88 Å². The minimum atomic E-state index is 0.349. The van der Waals surface area contributed by atoms with E-state index in [-0.39, 0.29) is 0 Å². The van der Waals surface area contributed by atoms with Gasteiger partial charge in [-0.2, -0.15) is 0 Å². The molecular formula is C16H17NO2. The largest absolute Gasteiger partial charge is 0.438 e. The maximum Gasteiger partial charge on any atom is 0.229 e. The van der Waals surface area contributed by atoms with Crippen LogP contribution in [0.15, 0.2) is 36.5 Å². The second-order valence-electron chi connectivity index (χ2n) is 4.80. The molecule has 2 rings (SSSR count). The summed E-state index contributed by atoms with van der Waals surface area (Å²) in [6.45, 7) is 6.24. The van der Waals surface area contributed by atoms with Crippen molar-refractivity contribution in [2.45, 2.75) is 26.7 Å². The van der Waals surface area contributed by atoms with Gasteiger partial charge in [0.25, 0.3) is 0 Å². The molecule has 98 valence electrons. The van der Waals surface area contributed by atoms with E-state index in [0.29, 0.717) is 17.4 Å². The van der Waals surface area contributed by atoms with Crippen LogP contribution in [0.4, 0.5) is 0 Å². The first-order chi connectivity index (χ1) is 9.11. The molecule has 0 aliphatic rings. The van der Waals surface area contributed by atoms with Gasteiger partial charge in [-0.3, -0.25) is 4.79 Å². The van der Waals surface area contributed by atoms with E-state index in [1.807, 2.05) is 19.1 Å². The number of aldehydes is 1. The number of carbonyl (C=O) groups is 1. The fraction of sp³-hybridized carbons (Fsp3) is 0.250. The van der Waals surface area contributed by atoms with E-state index in [1.54, 1.807) is 18.3 Å². The molecule has 0 saturated carbocycles. The van der Waals surface area contributed by atoms with Crippen molar-refractivity contribution in [3.8, 4) is 11.6 Å². The van der Waals surface area contributed by atoms with E-state index in [1.165, 1.54) is 5.56 Å². The van der Waals surface area contributed by atoms with Crippen LogP contribution < -0.4 is 4.74 Å². The van der Waals surface area contributed by atoms with Gasteiger partial charge in [0.1, 0.15) is 5.75 Å². The molecule has 3 nitrogen and oxygen atoms in total. The standard InChI is InChI=1S/C16H17NO2/c1-11(2)13-7-6-12(3)15(9-13)19-16-14(10-18)5-4-8-17-16/h4-11H,1-3H3. The van der Waals surface area contributed by atoms with Crippen molar-refractivity contribution in [2.24, 2.45) is 0 Å². The second-order valence-corrected chi connectivity index (χ2v) is 4.80. The first-order valence-electron chi connectivity index (χ1n) is 6.30. The SMILES string of the molecule is Cc1ccc(C(C)C)cc1Oc1ncccc1C=O. The highest BCUT2D eigenvalue weighted by molar-refractivity contribution is 5.78. The molecule has 0 aliphatic heterocycles. The Hall–Kier alpha value is -2.16. The van der Waals surface area contributed by atoms with Crippen molar-refractivity contribution in [3.63, 3.8) is 0 Å². The van der Waals surface area contributed by atoms with Gasteiger partial charge >= 0.3 is 0 Å². The van der Waals surface area contributed by atoms with Crippen molar-refractivity contribution in [3.05, 3.63) is 53.2 Å². The van der Waals surface area contributed by atoms with Crippen molar-refractivity contribution in [1.82, 2.24) is 4.98 Å². The van der Waals surface area contributed by atoms with E-state index in [2.05, 4.69) is 24.9 Å². The van der Waals surface area contributed by atoms with Gasteiger partial charge in [0.05, 0.1) is 5.56 Å². The van der Waals surface area contributed by atoms with Gasteiger partial charge in [0.15, 0.2) is 6.29 Å². The third-order valence-electron chi connectivity index (χ3n) is 3.01. The van der Waals surface area contributed by atoms with E-state index in [4.69, 9.17) is 4.74 Å². The van der Waals surface area contributed by atoms with Crippen LogP contribution in [0.2, 0.25) is 0 Å². The van der Waals surface area contributed by atoms with Gasteiger partial charge in [-0.1, -0.05) is 26.0 Å². The summed E-state index contributed by atoms with van der Waals surface area (Å²) in [5.41, 5.74) is 2.67. The molecule has 0 bridgehead atoms. The minimum absolute atomic E-state index is 0.349. The van der Waals surface area contributed by atoms with Crippen LogP contribution in [0.3, 0.4) is 0 Å². The fourth-order valence-electron chi connectivity index (χ4n) is 1.77. The Kier molecular flexibility index (Phi) is 3.95. The Morgan fingerprint density at radius 3 is 2.74 bits per heavy atom. The summed E-state index contributed by atoms with van der Waals surface area (Å²) in [5.74, 6) is 1.52. The van der Waals surface area contributed by atoms with Crippen molar-refractivity contribution in [1.29, 1.82) is 0 Å². The third-order valence-corrected chi connectivity index (χ3v) is 3.01. The summed E-state index contributed by atoms with van der Waals surface area (Å²) in [4.78, 5) is 15.1. The summed E-state index contributed by atoms with van der Waals surface area (Å²) in [6, 6.07) is 9.52. The summed E-state index contributed by atoms with van der Waals surface area (Å²) in [6.07, 6.45) is 2.37. The maximum absolute atomic E-state index is 11.0. The van der Waals surface area contributed by atoms with E-state index in [9.17, 15) is 4.79 Å². The smallest absolute Gasteiger partial charge is 0.229 e. The number of hydrogen-bond acceptors (Lipinski definition) is 3. The number of aromatic nitrogens is 1. The van der Waals surface area contributed by atoms with Gasteiger partial charge in [-0.15, -0.1) is 0 Å². The first kappa shape index (κ1) is 13.3. The number of benzene rings is 1. The lowest BCUT2D eigenvalue weighted by atomic mass is 10.0. The minimum Gasteiger partial charge on any atom is -0.438 e. The average molecular weight is 255 g/mol. The predicted octanol–water partition coefficient (Wildman–Crippen LogP) is 4.12. The number of aryl methyl sites for hydroxylation is 1. The Labute approximate surface area is 113 Å². The molecule has 0 fully saturated rings. The number of rotatable bonds is 4. The molecule has 3 heteroatoms. The van der Waals surface area contributed by atoms with Crippen LogP contribution in [0.1, 0.15) is 41.3 Å². The quantitative estimate of drug-likeness (QED) is 0.771. The molecule has 2 aromatic rings. The lowest BCUT2D eigenvalue weighted by Gasteiger charge is -2.12. The average Bonchev–Trinajstić information content (AvgIpc) is 2.41. The van der Waals surface area contributed by atoms with Gasteiger partial charge in [-0.25, -0.2) is 4.98 Å². The molecule has 0 N–H and O–H groups in total. The first-order valence-corrected chi connectivity index (χ1v) is 6.30. The number of nitrogens with zero attached hydrogens (tertiary/aromatic N) is 1. The van der Waals surface area contributed by atoms with E-state index >= 15 is 0 Å². The number of carbonyl (C=O) groups excluding carboxylic acids is 1. The summed E-state index contributed by atoms with van der Waals surface area (Å²) in [7, 11) is 0. The molecule has 19 heavy (non-hydrogen) atoms. The normalized spacial score (nSPS) is 10.5. The van der Waals surface area contributed by atoms with Crippen molar-refractivity contribution < 1.29 is 9.53 Å². The Balaban J connectivity index is 2.37. The fourth-order valence-corrected chi connectivity index (χ4v) is 1.77. The maximum atomic E-state index is 11.0. The highest BCUT2D eigenvalue weighted by atomic mass is 16.5. The molecule has 0 aliphatic carbocycles. The van der Waals surface area contributed by atoms with Crippen LogP contribution in [0.25, 0.3) is 0 Å². The lowest BCUT2D eigenvalue weighted by Crippen LogP contribution is -1.96. The third kappa shape index (κ3) is 2.99. The van der Waals surface area contributed by atoms with Crippen molar-refractivity contribution >= 4 is 6.29 Å².